The van der Waals surface area contributed by atoms with E-state index in [1.165, 1.54) is 0 Å². The summed E-state index contributed by atoms with van der Waals surface area (Å²) in [5, 5.41) is 3.36. The third kappa shape index (κ3) is 2.13. The Bertz CT molecular complexity index is 197. The van der Waals surface area contributed by atoms with E-state index in [1.807, 2.05) is 0 Å². The van der Waals surface area contributed by atoms with Gasteiger partial charge in [-0.15, -0.1) is 0 Å². The second-order valence-corrected chi connectivity index (χ2v) is 2.44. The number of hydrogen-bond acceptors (Lipinski definition) is 2. The lowest BCUT2D eigenvalue weighted by Crippen LogP contribution is -2.27. The minimum atomic E-state index is 0.179. The first kappa shape index (κ1) is 7.88. The highest BCUT2D eigenvalue weighted by Crippen LogP contribution is 2.08. The minimum Gasteiger partial charge on any atom is -0.343 e. The lowest BCUT2D eigenvalue weighted by Gasteiger charge is -2.12. The van der Waals surface area contributed by atoms with Crippen molar-refractivity contribution in [2.24, 2.45) is 5.11 Å². The summed E-state index contributed by atoms with van der Waals surface area (Å²) in [4.78, 5) is 15.3. The van der Waals surface area contributed by atoms with Crippen LogP contribution in [-0.2, 0) is 4.79 Å². The molecule has 0 unspecified atom stereocenters. The average Bonchev–Trinajstić information content (AvgIpc) is 2.37. The monoisotopic (exact) mass is 154 g/mol. The lowest BCUT2D eigenvalue weighted by atomic mass is 10.4. The van der Waals surface area contributed by atoms with Gasteiger partial charge < -0.3 is 4.90 Å². The molecule has 0 N–H and O–H groups in total. The van der Waals surface area contributed by atoms with Gasteiger partial charge in [-0.25, -0.2) is 0 Å². The van der Waals surface area contributed by atoms with Crippen LogP contribution in [0.1, 0.15) is 12.8 Å². The smallest absolute Gasteiger partial charge is 0.222 e. The number of hydrogen-bond donors (Lipinski definition) is 0. The Morgan fingerprint density at radius 2 is 2.55 bits per heavy atom. The van der Waals surface area contributed by atoms with Gasteiger partial charge in [-0.2, -0.15) is 0 Å². The lowest BCUT2D eigenvalue weighted by molar-refractivity contribution is -0.127. The summed E-state index contributed by atoms with van der Waals surface area (Å²) in [7, 11) is 0. The molecule has 60 valence electrons. The molecule has 0 atom stereocenters. The van der Waals surface area contributed by atoms with Crippen molar-refractivity contribution in [1.82, 2.24) is 4.90 Å². The van der Waals surface area contributed by atoms with Crippen LogP contribution in [-0.4, -0.2) is 30.4 Å². The number of carbonyl (C=O) groups is 1. The van der Waals surface area contributed by atoms with E-state index in [4.69, 9.17) is 5.53 Å². The third-order valence-corrected chi connectivity index (χ3v) is 1.70. The molecule has 5 heteroatoms. The zero-order valence-electron chi connectivity index (χ0n) is 6.23. The molecule has 1 rings (SSSR count). The van der Waals surface area contributed by atoms with Crippen molar-refractivity contribution < 1.29 is 4.79 Å². The van der Waals surface area contributed by atoms with Crippen LogP contribution >= 0.6 is 0 Å². The van der Waals surface area contributed by atoms with E-state index in [0.29, 0.717) is 19.5 Å². The number of rotatable bonds is 3. The van der Waals surface area contributed by atoms with E-state index in [0.717, 1.165) is 13.0 Å². The Morgan fingerprint density at radius 1 is 1.73 bits per heavy atom. The van der Waals surface area contributed by atoms with Gasteiger partial charge in [0.05, 0.1) is 0 Å². The van der Waals surface area contributed by atoms with Crippen LogP contribution in [0.4, 0.5) is 0 Å². The molecule has 5 nitrogen and oxygen atoms in total. The highest BCUT2D eigenvalue weighted by atomic mass is 16.2. The van der Waals surface area contributed by atoms with Gasteiger partial charge in [-0.1, -0.05) is 5.11 Å². The van der Waals surface area contributed by atoms with Crippen LogP contribution in [0.5, 0.6) is 0 Å². The van der Waals surface area contributed by atoms with E-state index in [2.05, 4.69) is 10.0 Å². The van der Waals surface area contributed by atoms with E-state index in [9.17, 15) is 4.79 Å². The molecule has 0 aromatic rings. The van der Waals surface area contributed by atoms with Crippen molar-refractivity contribution in [3.05, 3.63) is 10.4 Å². The predicted octanol–water partition coefficient (Wildman–Crippen LogP) is 0.919. The van der Waals surface area contributed by atoms with Crippen LogP contribution in [0.2, 0.25) is 0 Å². The largest absolute Gasteiger partial charge is 0.343 e. The molecule has 0 spiro atoms. The SMILES string of the molecule is [N-]=[N+]=NCCN1CCCC1=O. The van der Waals surface area contributed by atoms with Crippen molar-refractivity contribution in [3.8, 4) is 0 Å². The maximum atomic E-state index is 11.0. The second kappa shape index (κ2) is 3.83. The summed E-state index contributed by atoms with van der Waals surface area (Å²) in [6.07, 6.45) is 1.59. The summed E-state index contributed by atoms with van der Waals surface area (Å²) >= 11 is 0. The number of azide groups is 1. The normalized spacial score (nSPS) is 16.7. The first-order valence-corrected chi connectivity index (χ1v) is 3.63. The highest BCUT2D eigenvalue weighted by Gasteiger charge is 2.18. The van der Waals surface area contributed by atoms with Crippen LogP contribution in [0, 0.1) is 0 Å². The molecule has 0 bridgehead atoms. The van der Waals surface area contributed by atoms with Gasteiger partial charge in [0.15, 0.2) is 0 Å². The zero-order valence-corrected chi connectivity index (χ0v) is 6.23. The molecule has 1 heterocycles. The summed E-state index contributed by atoms with van der Waals surface area (Å²) in [6, 6.07) is 0. The molecule has 11 heavy (non-hydrogen) atoms. The molecular formula is C6H10N4O. The molecule has 0 aromatic carbocycles. The Labute approximate surface area is 64.6 Å². The van der Waals surface area contributed by atoms with E-state index >= 15 is 0 Å². The molecule has 0 radical (unpaired) electrons. The quantitative estimate of drug-likeness (QED) is 0.338. The Balaban J connectivity index is 2.25. The fraction of sp³-hybridized carbons (Fsp3) is 0.833. The molecule has 0 saturated carbocycles. The highest BCUT2D eigenvalue weighted by molar-refractivity contribution is 5.78. The van der Waals surface area contributed by atoms with Crippen LogP contribution in [0.25, 0.3) is 10.4 Å². The predicted molar refractivity (Wildman–Crippen MR) is 39.8 cm³/mol. The van der Waals surface area contributed by atoms with Crippen molar-refractivity contribution in [1.29, 1.82) is 0 Å². The maximum absolute atomic E-state index is 11.0. The summed E-state index contributed by atoms with van der Waals surface area (Å²) in [6.45, 7) is 1.78. The van der Waals surface area contributed by atoms with Crippen molar-refractivity contribution in [2.75, 3.05) is 19.6 Å². The summed E-state index contributed by atoms with van der Waals surface area (Å²) < 4.78 is 0. The van der Waals surface area contributed by atoms with Gasteiger partial charge in [0.1, 0.15) is 0 Å². The van der Waals surface area contributed by atoms with Gasteiger partial charge in [-0.05, 0) is 12.0 Å². The fourth-order valence-corrected chi connectivity index (χ4v) is 1.15. The second-order valence-electron chi connectivity index (χ2n) is 2.44. The van der Waals surface area contributed by atoms with Crippen molar-refractivity contribution in [2.45, 2.75) is 12.8 Å². The van der Waals surface area contributed by atoms with E-state index in [-0.39, 0.29) is 5.91 Å². The van der Waals surface area contributed by atoms with Gasteiger partial charge in [0.25, 0.3) is 0 Å². The van der Waals surface area contributed by atoms with Gasteiger partial charge in [0, 0.05) is 31.0 Å². The standard InChI is InChI=1S/C6H10N4O/c7-9-8-3-5-10-4-1-2-6(10)11/h1-5H2. The zero-order chi connectivity index (χ0) is 8.10. The van der Waals surface area contributed by atoms with Crippen molar-refractivity contribution in [3.63, 3.8) is 0 Å². The van der Waals surface area contributed by atoms with Crippen molar-refractivity contribution >= 4 is 5.91 Å². The third-order valence-electron chi connectivity index (χ3n) is 1.70. The molecule has 1 saturated heterocycles. The number of carbonyl (C=O) groups excluding carboxylic acids is 1. The Hall–Kier alpha value is -1.22. The van der Waals surface area contributed by atoms with Crippen LogP contribution in [0.15, 0.2) is 5.11 Å². The molecular weight excluding hydrogens is 144 g/mol. The Morgan fingerprint density at radius 3 is 3.09 bits per heavy atom. The summed E-state index contributed by atoms with van der Waals surface area (Å²) in [5.41, 5.74) is 7.96. The van der Waals surface area contributed by atoms with Crippen LogP contribution in [0.3, 0.4) is 0 Å². The van der Waals surface area contributed by atoms with E-state index in [1.54, 1.807) is 4.90 Å². The fourth-order valence-electron chi connectivity index (χ4n) is 1.15. The maximum Gasteiger partial charge on any atom is 0.222 e. The molecule has 1 aliphatic heterocycles. The van der Waals surface area contributed by atoms with E-state index < -0.39 is 0 Å². The summed E-state index contributed by atoms with van der Waals surface area (Å²) in [5.74, 6) is 0.179. The first-order chi connectivity index (χ1) is 5.34. The molecule has 1 amide bonds. The average molecular weight is 154 g/mol. The van der Waals surface area contributed by atoms with Crippen LogP contribution < -0.4 is 0 Å². The number of nitrogens with zero attached hydrogens (tertiary/aromatic N) is 4. The molecule has 0 aliphatic carbocycles. The minimum absolute atomic E-state index is 0.179. The number of likely N-dealkylation sites (tertiary alicyclic amines) is 1. The van der Waals surface area contributed by atoms with Gasteiger partial charge in [-0.3, -0.25) is 4.79 Å². The number of amides is 1. The molecule has 1 fully saturated rings. The van der Waals surface area contributed by atoms with Gasteiger partial charge in [0.2, 0.25) is 5.91 Å². The first-order valence-electron chi connectivity index (χ1n) is 3.63. The van der Waals surface area contributed by atoms with Gasteiger partial charge >= 0.3 is 0 Å². The molecule has 0 aromatic heterocycles. The molecule has 1 aliphatic rings. The Kier molecular flexibility index (Phi) is 2.74. The topological polar surface area (TPSA) is 69.1 Å².